The fourth-order valence-electron chi connectivity index (χ4n) is 17.3. The van der Waals surface area contributed by atoms with Crippen molar-refractivity contribution in [3.8, 4) is 0 Å². The molecule has 0 unspecified atom stereocenters. The van der Waals surface area contributed by atoms with E-state index in [9.17, 15) is 0 Å². The minimum atomic E-state index is 0.00710. The van der Waals surface area contributed by atoms with Crippen LogP contribution in [0.4, 0.5) is 0 Å². The normalized spacial score (nSPS) is 18.4. The maximum atomic E-state index is 5.70. The summed E-state index contributed by atoms with van der Waals surface area (Å²) in [4.78, 5) is 31.3. The van der Waals surface area contributed by atoms with E-state index >= 15 is 0 Å². The minimum absolute atomic E-state index is 0.00710. The molecule has 7 aliphatic rings. The molecule has 0 aromatic rings. The molecular weight excluding hydrogens is 1720 g/mol. The average Bonchev–Trinajstić information content (AvgIpc) is 1.77. The van der Waals surface area contributed by atoms with Crippen LogP contribution in [0.2, 0.25) is 0 Å². The lowest BCUT2D eigenvalue weighted by atomic mass is 9.75. The summed E-state index contributed by atoms with van der Waals surface area (Å²) in [5.41, 5.74) is 2.19. The number of hydrogen-bond acceptors (Lipinski definition) is 20. The molecule has 1 aliphatic carbocycles. The van der Waals surface area contributed by atoms with E-state index in [1.165, 1.54) is 169 Å². The second kappa shape index (κ2) is 75.0. The van der Waals surface area contributed by atoms with Gasteiger partial charge in [-0.3, -0.25) is 0 Å². The predicted octanol–water partition coefficient (Wildman–Crippen LogP) is 24.5. The predicted molar refractivity (Wildman–Crippen MR) is 615 cm³/mol. The maximum Gasteiger partial charge on any atom is 0.0835 e. The molecule has 1 saturated carbocycles. The lowest BCUT2D eigenvalue weighted by Crippen LogP contribution is -2.52. The summed E-state index contributed by atoms with van der Waals surface area (Å²) in [7, 11) is 21.2. The van der Waals surface area contributed by atoms with Gasteiger partial charge in [-0.05, 0) is 481 Å². The molecule has 20 heteroatoms. The second-order valence-corrected chi connectivity index (χ2v) is 54.6. The van der Waals surface area contributed by atoms with Crippen LogP contribution in [0.1, 0.15) is 380 Å². The average molecular weight is 1980 g/mol. The zero-order chi connectivity index (χ0) is 108. The second-order valence-electron chi connectivity index (χ2n) is 54.6. The molecule has 842 valence electrons. The molecule has 0 N–H and O–H groups in total. The number of likely N-dealkylation sites (tertiary alicyclic amines) is 6. The van der Waals surface area contributed by atoms with E-state index in [0.717, 1.165) is 192 Å². The Labute approximate surface area is 873 Å². The van der Waals surface area contributed by atoms with Crippen molar-refractivity contribution in [2.24, 2.45) is 57.2 Å². The smallest absolute Gasteiger partial charge is 0.0835 e. The van der Waals surface area contributed by atoms with Gasteiger partial charge in [-0.15, -0.1) is 0 Å². The number of piperidine rings is 5. The summed E-state index contributed by atoms with van der Waals surface area (Å²) in [6.07, 6.45) is 20.9. The first-order valence-electron chi connectivity index (χ1n) is 57.1. The van der Waals surface area contributed by atoms with Crippen molar-refractivity contribution in [2.45, 2.75) is 432 Å². The van der Waals surface area contributed by atoms with Crippen LogP contribution < -0.4 is 0 Å². The fourth-order valence-corrected chi connectivity index (χ4v) is 17.3. The SMILES string of the molecule is CC(C)(C)C1CCN(CC2CC2)CC1.CC(C)CN1CCC(C(C)(C)C)CC1.CCN(C)CCCOC(C)(C)C.CCN(C)CCOC(C)(C)C.CCN(CC)CCCOC(C)(C)C.CCN(CC)CCOC(C)(C)C.CN(C)CCCOC(C)(C)C.CN(C)CCN1CCC(C(C)(C)C)CC1.CN(C)CCOC(C)(C)C.CN1CC(OC(C)(C)C)C1.CN1CCC(N2CCC(C(C)(C)C)CC2)CC1. The van der Waals surface area contributed by atoms with E-state index in [1.54, 1.807) is 0 Å². The summed E-state index contributed by atoms with van der Waals surface area (Å²) in [5.74, 6) is 5.64. The quantitative estimate of drug-likeness (QED) is 0.0555. The molecule has 139 heavy (non-hydrogen) atoms. The Bertz CT molecular complexity index is 2680. The highest BCUT2D eigenvalue weighted by molar-refractivity contribution is 4.89. The molecule has 0 atom stereocenters. The van der Waals surface area contributed by atoms with Gasteiger partial charge >= 0.3 is 0 Å². The van der Waals surface area contributed by atoms with E-state index < -0.39 is 0 Å². The van der Waals surface area contributed by atoms with Gasteiger partial charge in [0.2, 0.25) is 0 Å². The van der Waals surface area contributed by atoms with Gasteiger partial charge < -0.3 is 96.9 Å². The number of rotatable bonds is 36. The molecule has 7 fully saturated rings. The molecule has 7 rings (SSSR count). The highest BCUT2D eigenvalue weighted by Gasteiger charge is 2.36. The number of hydrogen-bond donors (Lipinski definition) is 0. The summed E-state index contributed by atoms with van der Waals surface area (Å²) in [6, 6.07) is 0.882. The van der Waals surface area contributed by atoms with Crippen LogP contribution in [0, 0.1) is 57.2 Å². The van der Waals surface area contributed by atoms with E-state index in [4.69, 9.17) is 33.2 Å². The van der Waals surface area contributed by atoms with Crippen molar-refractivity contribution < 1.29 is 33.2 Å². The molecule has 0 bridgehead atoms. The van der Waals surface area contributed by atoms with Crippen molar-refractivity contribution in [2.75, 3.05) is 293 Å². The topological polar surface area (TPSA) is 107 Å². The molecule has 6 saturated heterocycles. The lowest BCUT2D eigenvalue weighted by molar-refractivity contribution is -0.117. The van der Waals surface area contributed by atoms with Crippen LogP contribution in [0.15, 0.2) is 0 Å². The van der Waals surface area contributed by atoms with Gasteiger partial charge in [-0.25, -0.2) is 0 Å². The van der Waals surface area contributed by atoms with Gasteiger partial charge in [0.25, 0.3) is 0 Å². The summed E-state index contributed by atoms with van der Waals surface area (Å²) < 4.78 is 39.2. The van der Waals surface area contributed by atoms with Crippen LogP contribution in [0.5, 0.6) is 0 Å². The third-order valence-electron chi connectivity index (χ3n) is 27.2. The van der Waals surface area contributed by atoms with E-state index in [1.807, 2.05) is 14.1 Å². The molecule has 0 amide bonds. The zero-order valence-corrected chi connectivity index (χ0v) is 104. The van der Waals surface area contributed by atoms with E-state index in [2.05, 4.69) is 404 Å². The van der Waals surface area contributed by atoms with Crippen molar-refractivity contribution in [3.63, 3.8) is 0 Å². The zero-order valence-electron chi connectivity index (χ0n) is 104. The lowest BCUT2D eigenvalue weighted by Gasteiger charge is -2.44. The van der Waals surface area contributed by atoms with Gasteiger partial charge in [0, 0.05) is 97.9 Å². The Morgan fingerprint density at radius 1 is 0.281 bits per heavy atom. The maximum absolute atomic E-state index is 5.70. The van der Waals surface area contributed by atoms with Gasteiger partial charge in [0.05, 0.1) is 65.1 Å². The Kier molecular flexibility index (Phi) is 78.0. The Morgan fingerprint density at radius 3 is 0.878 bits per heavy atom. The van der Waals surface area contributed by atoms with Crippen molar-refractivity contribution in [3.05, 3.63) is 0 Å². The third-order valence-corrected chi connectivity index (χ3v) is 27.2. The Balaban J connectivity index is -0.000000724. The molecule has 0 radical (unpaired) electrons. The summed E-state index contributed by atoms with van der Waals surface area (Å²) in [6.45, 7) is 129. The van der Waals surface area contributed by atoms with Crippen molar-refractivity contribution in [1.29, 1.82) is 0 Å². The molecular formula is C119H259N13O7. The summed E-state index contributed by atoms with van der Waals surface area (Å²) in [5, 5.41) is 0. The number of nitrogens with zero attached hydrogens (tertiary/aromatic N) is 13. The van der Waals surface area contributed by atoms with E-state index in [0.29, 0.717) is 27.8 Å². The first-order chi connectivity index (χ1) is 63.5. The highest BCUT2D eigenvalue weighted by atomic mass is 16.5. The first kappa shape index (κ1) is 144. The van der Waals surface area contributed by atoms with E-state index in [-0.39, 0.29) is 39.2 Å². The largest absolute Gasteiger partial charge is 0.376 e. The van der Waals surface area contributed by atoms with Crippen molar-refractivity contribution >= 4 is 0 Å². The third kappa shape index (κ3) is 94.2. The Morgan fingerprint density at radius 2 is 0.576 bits per heavy atom. The van der Waals surface area contributed by atoms with Crippen LogP contribution in [0.3, 0.4) is 0 Å². The molecule has 20 nitrogen and oxygen atoms in total. The number of likely N-dealkylation sites (N-methyl/N-ethyl adjacent to an activating group) is 5. The molecule has 0 spiro atoms. The van der Waals surface area contributed by atoms with Gasteiger partial charge in [0.15, 0.2) is 0 Å². The monoisotopic (exact) mass is 1980 g/mol. The van der Waals surface area contributed by atoms with Gasteiger partial charge in [0.1, 0.15) is 0 Å². The van der Waals surface area contributed by atoms with Crippen LogP contribution >= 0.6 is 0 Å². The van der Waals surface area contributed by atoms with Crippen LogP contribution in [-0.2, 0) is 33.2 Å². The molecule has 6 aliphatic heterocycles. The van der Waals surface area contributed by atoms with Crippen LogP contribution in [-0.4, -0.2) is 408 Å². The fraction of sp³-hybridized carbons (Fsp3) is 1.00. The van der Waals surface area contributed by atoms with Crippen molar-refractivity contribution in [1.82, 2.24) is 63.7 Å². The molecule has 0 aromatic carbocycles. The Hall–Kier alpha value is -0.800. The number of ether oxygens (including phenoxy) is 7. The highest BCUT2D eigenvalue weighted by Crippen LogP contribution is 2.39. The molecule has 0 aromatic heterocycles. The standard InChI is InChI=1S/C15H30N2.C13H28N2.C13H25N.C13H27N.C11H25NO.2C10H23NO.2C9H21NO.C8H17NO.C8H19NO/c1-15(2,3)13-5-11-17(12-6-13)14-7-9-16(4)10-8-14;1-13(2,3)12-6-8-15(9-7-12)11-10-14(4)5;1-13(2,3)12-6-8-14(9-7-12)10-11-4-5-11;1-11(2)10-14-8-6-12(7-9-14)13(3,4)5;1-6-12(7-2)9-8-10-13-11(3,4)5;1-6-11(5)8-7-9-12-10(2,3)4;1-6-11(7-2)8-9-12-10(3,4)5;1-9(2,3)11-8-6-7-10(4)5;1-6-10(5)7-8-11-9(2,3)4;1-8(2,3)10-7-5-9(4)6-7;1-8(2,3)10-7-6-9(4)5/h13-14H,5-12H2,1-4H3;12H,6-11H2,1-5H3;11-12H,4-10H2,1-3H3;11-12H,6-10H2,1-5H3;6-10H2,1-5H3;2*6-9H2,1-5H3;2*6-8H2,1-5H3;7H,5-6H2,1-4H3;6-7H2,1-5H3. The first-order valence-corrected chi connectivity index (χ1v) is 57.1. The minimum Gasteiger partial charge on any atom is -0.376 e. The van der Waals surface area contributed by atoms with Crippen LogP contribution in [0.25, 0.3) is 0 Å². The summed E-state index contributed by atoms with van der Waals surface area (Å²) >= 11 is 0. The molecule has 6 heterocycles. The van der Waals surface area contributed by atoms with Gasteiger partial charge in [-0.1, -0.05) is 138 Å². The van der Waals surface area contributed by atoms with Gasteiger partial charge in [-0.2, -0.15) is 0 Å².